The van der Waals surface area contributed by atoms with E-state index in [1.54, 1.807) is 0 Å². The average Bonchev–Trinajstić information content (AvgIpc) is 3.01. The Kier molecular flexibility index (Phi) is 5.86. The number of amides is 1. The Morgan fingerprint density at radius 3 is 2.79 bits per heavy atom. The predicted molar refractivity (Wildman–Crippen MR) is 104 cm³/mol. The largest absolute Gasteiger partial charge is 0.325 e. The molecule has 0 saturated heterocycles. The van der Waals surface area contributed by atoms with E-state index < -0.39 is 0 Å². The molecule has 0 unspecified atom stereocenters. The molecule has 0 aliphatic heterocycles. The fraction of sp³-hybridized carbons (Fsp3) is 0.118. The number of nitrogens with zero attached hydrogens (tertiary/aromatic N) is 2. The number of H-pyrrole nitrogens is 1. The van der Waals surface area contributed by atoms with Crippen LogP contribution in [-0.4, -0.2) is 26.8 Å². The number of carbonyl (C=O) groups is 1. The molecular formula is C17H15IN4OS. The molecule has 0 fully saturated rings. The van der Waals surface area contributed by atoms with Crippen molar-refractivity contribution in [2.75, 3.05) is 11.1 Å². The lowest BCUT2D eigenvalue weighted by Gasteiger charge is -2.04. The maximum absolute atomic E-state index is 12.0. The molecule has 1 amide bonds. The van der Waals surface area contributed by atoms with Gasteiger partial charge in [-0.2, -0.15) is 0 Å². The smallest absolute Gasteiger partial charge is 0.234 e. The van der Waals surface area contributed by atoms with Gasteiger partial charge in [0.1, 0.15) is 5.82 Å². The predicted octanol–water partition coefficient (Wildman–Crippen LogP) is 3.73. The Bertz CT molecular complexity index is 822. The number of hydrogen-bond acceptors (Lipinski definition) is 4. The van der Waals surface area contributed by atoms with E-state index in [1.807, 2.05) is 54.6 Å². The number of carbonyl (C=O) groups excluding carboxylic acids is 1. The third-order valence-corrected chi connectivity index (χ3v) is 4.68. The second kappa shape index (κ2) is 8.29. The van der Waals surface area contributed by atoms with Gasteiger partial charge < -0.3 is 5.32 Å². The average molecular weight is 450 g/mol. The summed E-state index contributed by atoms with van der Waals surface area (Å²) in [4.78, 5) is 16.4. The summed E-state index contributed by atoms with van der Waals surface area (Å²) in [5.41, 5.74) is 1.97. The van der Waals surface area contributed by atoms with Crippen LogP contribution in [0, 0.1) is 3.57 Å². The highest BCUT2D eigenvalue weighted by molar-refractivity contribution is 14.1. The SMILES string of the molecule is O=C(CSc1n[nH]c(Cc2ccccc2)n1)Nc1cccc(I)c1. The van der Waals surface area contributed by atoms with Gasteiger partial charge in [0.2, 0.25) is 11.1 Å². The number of nitrogens with one attached hydrogen (secondary N) is 2. The number of hydrogen-bond donors (Lipinski definition) is 2. The first-order chi connectivity index (χ1) is 11.7. The summed E-state index contributed by atoms with van der Waals surface area (Å²) in [5.74, 6) is 0.992. The van der Waals surface area contributed by atoms with Crippen LogP contribution in [0.3, 0.4) is 0 Å². The molecule has 1 aromatic heterocycles. The molecule has 3 aromatic rings. The van der Waals surface area contributed by atoms with Crippen LogP contribution in [0.15, 0.2) is 59.8 Å². The highest BCUT2D eigenvalue weighted by atomic mass is 127. The van der Waals surface area contributed by atoms with Crippen molar-refractivity contribution in [3.05, 3.63) is 69.6 Å². The third-order valence-electron chi connectivity index (χ3n) is 3.17. The first-order valence-corrected chi connectivity index (χ1v) is 9.39. The van der Waals surface area contributed by atoms with Gasteiger partial charge in [-0.3, -0.25) is 9.89 Å². The van der Waals surface area contributed by atoms with E-state index in [4.69, 9.17) is 0 Å². The number of benzene rings is 2. The Hall–Kier alpha value is -1.87. The normalized spacial score (nSPS) is 10.5. The van der Waals surface area contributed by atoms with E-state index in [2.05, 4.69) is 43.1 Å². The highest BCUT2D eigenvalue weighted by Crippen LogP contribution is 2.16. The van der Waals surface area contributed by atoms with Gasteiger partial charge in [-0.25, -0.2) is 4.98 Å². The van der Waals surface area contributed by atoms with E-state index in [1.165, 1.54) is 17.3 Å². The van der Waals surface area contributed by atoms with Crippen LogP contribution in [0.2, 0.25) is 0 Å². The molecule has 0 saturated carbocycles. The summed E-state index contributed by atoms with van der Waals surface area (Å²) >= 11 is 3.53. The number of halogens is 1. The second-order valence-electron chi connectivity index (χ2n) is 5.07. The molecule has 1 heterocycles. The van der Waals surface area contributed by atoms with Crippen molar-refractivity contribution in [1.82, 2.24) is 15.2 Å². The lowest BCUT2D eigenvalue weighted by molar-refractivity contribution is -0.113. The topological polar surface area (TPSA) is 70.7 Å². The van der Waals surface area contributed by atoms with Gasteiger partial charge in [0, 0.05) is 15.7 Å². The van der Waals surface area contributed by atoms with E-state index in [0.29, 0.717) is 11.6 Å². The van der Waals surface area contributed by atoms with E-state index >= 15 is 0 Å². The molecule has 0 aliphatic carbocycles. The first-order valence-electron chi connectivity index (χ1n) is 7.32. The third kappa shape index (κ3) is 5.07. The van der Waals surface area contributed by atoms with Crippen molar-refractivity contribution < 1.29 is 4.79 Å². The highest BCUT2D eigenvalue weighted by Gasteiger charge is 2.08. The van der Waals surface area contributed by atoms with Gasteiger partial charge in [0.25, 0.3) is 0 Å². The van der Waals surface area contributed by atoms with E-state index in [9.17, 15) is 4.79 Å². The van der Waals surface area contributed by atoms with E-state index in [0.717, 1.165) is 15.1 Å². The lowest BCUT2D eigenvalue weighted by atomic mass is 10.1. The maximum Gasteiger partial charge on any atom is 0.234 e. The van der Waals surface area contributed by atoms with Crippen molar-refractivity contribution in [2.45, 2.75) is 11.6 Å². The van der Waals surface area contributed by atoms with Crippen LogP contribution < -0.4 is 5.32 Å². The van der Waals surface area contributed by atoms with Gasteiger partial charge in [0.05, 0.1) is 5.75 Å². The van der Waals surface area contributed by atoms with Crippen LogP contribution in [-0.2, 0) is 11.2 Å². The number of thioether (sulfide) groups is 1. The summed E-state index contributed by atoms with van der Waals surface area (Å²) in [5, 5.41) is 10.5. The summed E-state index contributed by atoms with van der Waals surface area (Å²) < 4.78 is 1.08. The molecule has 3 rings (SSSR count). The number of anilines is 1. The molecule has 2 N–H and O–H groups in total. The van der Waals surface area contributed by atoms with Gasteiger partial charge in [-0.15, -0.1) is 5.10 Å². The Balaban J connectivity index is 1.51. The monoisotopic (exact) mass is 450 g/mol. The molecule has 5 nitrogen and oxygen atoms in total. The number of aromatic amines is 1. The fourth-order valence-electron chi connectivity index (χ4n) is 2.10. The molecule has 0 bridgehead atoms. The van der Waals surface area contributed by atoms with Crippen LogP contribution in [0.1, 0.15) is 11.4 Å². The van der Waals surface area contributed by atoms with Crippen LogP contribution >= 0.6 is 34.4 Å². The Morgan fingerprint density at radius 1 is 1.17 bits per heavy atom. The summed E-state index contributed by atoms with van der Waals surface area (Å²) in [7, 11) is 0. The van der Waals surface area contributed by atoms with Crippen LogP contribution in [0.4, 0.5) is 5.69 Å². The molecular weight excluding hydrogens is 435 g/mol. The Labute approximate surface area is 157 Å². The minimum Gasteiger partial charge on any atom is -0.325 e. The van der Waals surface area contributed by atoms with Crippen molar-refractivity contribution in [3.8, 4) is 0 Å². The van der Waals surface area contributed by atoms with Gasteiger partial charge in [0.15, 0.2) is 0 Å². The minimum absolute atomic E-state index is 0.0728. The zero-order valence-electron chi connectivity index (χ0n) is 12.7. The molecule has 0 atom stereocenters. The minimum atomic E-state index is -0.0728. The molecule has 24 heavy (non-hydrogen) atoms. The van der Waals surface area contributed by atoms with Crippen molar-refractivity contribution in [2.24, 2.45) is 0 Å². The molecule has 0 radical (unpaired) electrons. The van der Waals surface area contributed by atoms with Gasteiger partial charge in [-0.1, -0.05) is 48.2 Å². The Morgan fingerprint density at radius 2 is 2.00 bits per heavy atom. The zero-order chi connectivity index (χ0) is 16.8. The number of aromatic nitrogens is 3. The maximum atomic E-state index is 12.0. The van der Waals surface area contributed by atoms with Gasteiger partial charge >= 0.3 is 0 Å². The van der Waals surface area contributed by atoms with E-state index in [-0.39, 0.29) is 11.7 Å². The van der Waals surface area contributed by atoms with Crippen LogP contribution in [0.25, 0.3) is 0 Å². The second-order valence-corrected chi connectivity index (χ2v) is 7.26. The molecule has 122 valence electrons. The van der Waals surface area contributed by atoms with Crippen molar-refractivity contribution >= 4 is 45.9 Å². The summed E-state index contributed by atoms with van der Waals surface area (Å²) in [6.45, 7) is 0. The number of rotatable bonds is 6. The van der Waals surface area contributed by atoms with Crippen LogP contribution in [0.5, 0.6) is 0 Å². The standard InChI is InChI=1S/C17H15IN4OS/c18-13-7-4-8-14(10-13)19-16(23)11-24-17-20-15(21-22-17)9-12-5-2-1-3-6-12/h1-8,10H,9,11H2,(H,19,23)(H,20,21,22). The van der Waals surface area contributed by atoms with Crippen molar-refractivity contribution in [1.29, 1.82) is 0 Å². The molecule has 2 aromatic carbocycles. The molecule has 0 spiro atoms. The molecule has 7 heteroatoms. The van der Waals surface area contributed by atoms with Crippen molar-refractivity contribution in [3.63, 3.8) is 0 Å². The lowest BCUT2D eigenvalue weighted by Crippen LogP contribution is -2.14. The molecule has 0 aliphatic rings. The zero-order valence-corrected chi connectivity index (χ0v) is 15.7. The first kappa shape index (κ1) is 17.0. The fourth-order valence-corrected chi connectivity index (χ4v) is 3.26. The summed E-state index contributed by atoms with van der Waals surface area (Å²) in [6, 6.07) is 17.8. The summed E-state index contributed by atoms with van der Waals surface area (Å²) in [6.07, 6.45) is 0.697. The van der Waals surface area contributed by atoms with Gasteiger partial charge in [-0.05, 0) is 46.4 Å². The quantitative estimate of drug-likeness (QED) is 0.444.